The van der Waals surface area contributed by atoms with Crippen LogP contribution < -0.4 is 0 Å². The van der Waals surface area contributed by atoms with Gasteiger partial charge in [0.1, 0.15) is 0 Å². The minimum absolute atomic E-state index is 0.0406. The highest BCUT2D eigenvalue weighted by Crippen LogP contribution is 2.65. The number of aliphatic hydroxyl groups is 6. The van der Waals surface area contributed by atoms with E-state index in [9.17, 15) is 30.6 Å². The van der Waals surface area contributed by atoms with Crippen molar-refractivity contribution in [3.63, 3.8) is 0 Å². The van der Waals surface area contributed by atoms with Gasteiger partial charge in [-0.05, 0) is 150 Å². The summed E-state index contributed by atoms with van der Waals surface area (Å²) in [5.41, 5.74) is 1.04. The Labute approximate surface area is 353 Å². The highest BCUT2D eigenvalue weighted by molar-refractivity contribution is 9.10. The first-order valence-electron chi connectivity index (χ1n) is 20.6. The molecule has 6 nitrogen and oxygen atoms in total. The van der Waals surface area contributed by atoms with Crippen LogP contribution in [0.4, 0.5) is 0 Å². The monoisotopic (exact) mass is 948 g/mol. The van der Waals surface area contributed by atoms with Crippen LogP contribution in [0.5, 0.6) is 0 Å². The van der Waals surface area contributed by atoms with Crippen LogP contribution >= 0.6 is 47.8 Å². The average Bonchev–Trinajstić information content (AvgIpc) is 3.06. The molecular formula is C45H75Br3O6. The molecule has 54 heavy (non-hydrogen) atoms. The van der Waals surface area contributed by atoms with Gasteiger partial charge in [-0.1, -0.05) is 126 Å². The van der Waals surface area contributed by atoms with Crippen LogP contribution in [0.25, 0.3) is 0 Å². The molecule has 0 bridgehead atoms. The second-order valence-electron chi connectivity index (χ2n) is 21.0. The Morgan fingerprint density at radius 1 is 0.426 bits per heavy atom. The molecule has 12 atom stereocenters. The predicted molar refractivity (Wildman–Crippen MR) is 233 cm³/mol. The maximum atomic E-state index is 10.3. The highest BCUT2D eigenvalue weighted by atomic mass is 79.9. The van der Waals surface area contributed by atoms with E-state index < -0.39 is 35.1 Å². The van der Waals surface area contributed by atoms with E-state index in [-0.39, 0.29) is 32.5 Å². The summed E-state index contributed by atoms with van der Waals surface area (Å²) in [6, 6.07) is 0. The van der Waals surface area contributed by atoms with Crippen molar-refractivity contribution in [3.8, 4) is 0 Å². The van der Waals surface area contributed by atoms with Gasteiger partial charge in [0, 0.05) is 14.5 Å². The van der Waals surface area contributed by atoms with Crippen LogP contribution in [-0.4, -0.2) is 80.2 Å². The topological polar surface area (TPSA) is 121 Å². The molecule has 0 aromatic heterocycles. The van der Waals surface area contributed by atoms with Gasteiger partial charge in [-0.2, -0.15) is 0 Å². The molecule has 312 valence electrons. The van der Waals surface area contributed by atoms with E-state index in [4.69, 9.17) is 0 Å². The smallest absolute Gasteiger partial charge is 0.0878 e. The van der Waals surface area contributed by atoms with Gasteiger partial charge in [0.2, 0.25) is 0 Å². The lowest BCUT2D eigenvalue weighted by Gasteiger charge is -2.59. The predicted octanol–water partition coefficient (Wildman–Crippen LogP) is 10.2. The van der Waals surface area contributed by atoms with Crippen LogP contribution in [-0.2, 0) is 0 Å². The van der Waals surface area contributed by atoms with Gasteiger partial charge >= 0.3 is 0 Å². The molecule has 6 N–H and O–H groups in total. The van der Waals surface area contributed by atoms with Gasteiger partial charge in [-0.15, -0.1) is 0 Å². The molecule has 0 aromatic rings. The molecule has 6 rings (SSSR count). The first-order chi connectivity index (χ1) is 24.4. The van der Waals surface area contributed by atoms with E-state index in [1.807, 2.05) is 0 Å². The summed E-state index contributed by atoms with van der Waals surface area (Å²) in [6.45, 7) is 31.7. The van der Waals surface area contributed by atoms with E-state index >= 15 is 0 Å². The molecule has 0 unspecified atom stereocenters. The first-order valence-corrected chi connectivity index (χ1v) is 23.3. The average molecular weight is 952 g/mol. The van der Waals surface area contributed by atoms with E-state index in [2.05, 4.69) is 109 Å². The Balaban J connectivity index is 0.000000180. The Morgan fingerprint density at radius 2 is 0.630 bits per heavy atom. The molecule has 0 saturated heterocycles. The van der Waals surface area contributed by atoms with Gasteiger partial charge in [-0.3, -0.25) is 0 Å². The molecule has 6 aliphatic carbocycles. The quantitative estimate of drug-likeness (QED) is 0.106. The van der Waals surface area contributed by atoms with Crippen molar-refractivity contribution >= 4 is 47.8 Å². The summed E-state index contributed by atoms with van der Waals surface area (Å²) in [5.74, 6) is 0. The van der Waals surface area contributed by atoms with Crippen LogP contribution in [0.1, 0.15) is 159 Å². The lowest BCUT2D eigenvalue weighted by molar-refractivity contribution is -0.138. The zero-order valence-electron chi connectivity index (χ0n) is 35.0. The van der Waals surface area contributed by atoms with Crippen LogP contribution in [0, 0.1) is 32.5 Å². The van der Waals surface area contributed by atoms with Gasteiger partial charge < -0.3 is 30.6 Å². The summed E-state index contributed by atoms with van der Waals surface area (Å²) < 4.78 is 0. The van der Waals surface area contributed by atoms with Crippen molar-refractivity contribution < 1.29 is 30.6 Å². The molecule has 0 radical (unpaired) electrons. The minimum atomic E-state index is -0.944. The number of halogens is 3. The molecule has 0 aliphatic heterocycles. The Bertz CT molecular complexity index is 1250. The van der Waals surface area contributed by atoms with Crippen molar-refractivity contribution in [1.29, 1.82) is 0 Å². The maximum absolute atomic E-state index is 10.3. The molecular weight excluding hydrogens is 876 g/mol. The summed E-state index contributed by atoms with van der Waals surface area (Å²) in [4.78, 5) is 1.35. The van der Waals surface area contributed by atoms with Gasteiger partial charge in [0.15, 0.2) is 0 Å². The van der Waals surface area contributed by atoms with Crippen LogP contribution in [0.2, 0.25) is 0 Å². The standard InChI is InChI=1S/3C15H25BrO2/c3*1-10-5-6-11(16)13(2,3)15(10)8-7-14(4,18)12(17)9-15/h3*11-12,17-18H,1,5-9H2,2-4H3/t3*11-,12-,14+,15-/m000/s1. The summed E-state index contributed by atoms with van der Waals surface area (Å²) >= 11 is 11.4. The SMILES string of the molecule is C=C1CC[C@H](Br)C(C)(C)[C@]12CC[C@@](C)(O)[C@@H](O)C2.C=C1CC[C@H](Br)C(C)(C)[C@]12CC[C@@](C)(O)[C@@H](O)C2.C=C1CC[C@H](Br)C(C)(C)[C@]12CC[C@@](C)(O)[C@@H](O)C2. The van der Waals surface area contributed by atoms with E-state index in [0.717, 1.165) is 57.8 Å². The van der Waals surface area contributed by atoms with Crippen LogP contribution in [0.3, 0.4) is 0 Å². The Hall–Kier alpha value is 0.420. The molecule has 6 fully saturated rings. The third kappa shape index (κ3) is 7.90. The van der Waals surface area contributed by atoms with Crippen molar-refractivity contribution in [1.82, 2.24) is 0 Å². The first kappa shape index (κ1) is 47.1. The third-order valence-corrected chi connectivity index (χ3v) is 21.9. The number of alkyl halides is 3. The molecule has 3 spiro atoms. The maximum Gasteiger partial charge on any atom is 0.0878 e. The highest BCUT2D eigenvalue weighted by Gasteiger charge is 2.60. The fourth-order valence-electron chi connectivity index (χ4n) is 11.5. The lowest BCUT2D eigenvalue weighted by Crippen LogP contribution is -2.57. The second kappa shape index (κ2) is 15.8. The summed E-state index contributed by atoms with van der Waals surface area (Å²) in [5, 5.41) is 61.4. The molecule has 9 heteroatoms. The molecule has 6 aliphatic rings. The third-order valence-electron chi connectivity index (χ3n) is 17.1. The van der Waals surface area contributed by atoms with Gasteiger partial charge in [0.05, 0.1) is 35.1 Å². The Kier molecular flexibility index (Phi) is 13.8. The van der Waals surface area contributed by atoms with E-state index in [1.54, 1.807) is 20.8 Å². The molecule has 0 aromatic carbocycles. The molecule has 6 saturated carbocycles. The summed E-state index contributed by atoms with van der Waals surface area (Å²) in [7, 11) is 0. The minimum Gasteiger partial charge on any atom is -0.390 e. The van der Waals surface area contributed by atoms with Crippen molar-refractivity contribution in [2.24, 2.45) is 32.5 Å². The van der Waals surface area contributed by atoms with Crippen molar-refractivity contribution in [2.75, 3.05) is 0 Å². The number of hydrogen-bond donors (Lipinski definition) is 6. The largest absolute Gasteiger partial charge is 0.390 e. The zero-order chi connectivity index (χ0) is 41.3. The van der Waals surface area contributed by atoms with Crippen molar-refractivity contribution in [2.45, 2.75) is 208 Å². The second-order valence-corrected chi connectivity index (χ2v) is 24.3. The number of hydrogen-bond acceptors (Lipinski definition) is 6. The number of allylic oxidation sites excluding steroid dienone is 3. The van der Waals surface area contributed by atoms with Crippen molar-refractivity contribution in [3.05, 3.63) is 36.5 Å². The fraction of sp³-hybridized carbons (Fsp3) is 0.867. The number of aliphatic hydroxyl groups excluding tert-OH is 3. The lowest BCUT2D eigenvalue weighted by atomic mass is 9.49. The normalized spacial score (nSPS) is 48.4. The summed E-state index contributed by atoms with van der Waals surface area (Å²) in [6.07, 6.45) is 11.1. The Morgan fingerprint density at radius 3 is 0.815 bits per heavy atom. The van der Waals surface area contributed by atoms with Crippen LogP contribution in [0.15, 0.2) is 36.5 Å². The fourth-order valence-corrected chi connectivity index (χ4v) is 13.5. The van der Waals surface area contributed by atoms with E-state index in [0.29, 0.717) is 53.0 Å². The molecule has 0 heterocycles. The van der Waals surface area contributed by atoms with Gasteiger partial charge in [0.25, 0.3) is 0 Å². The van der Waals surface area contributed by atoms with E-state index in [1.165, 1.54) is 16.7 Å². The zero-order valence-corrected chi connectivity index (χ0v) is 39.8. The number of rotatable bonds is 0. The molecule has 0 amide bonds. The van der Waals surface area contributed by atoms with Gasteiger partial charge in [-0.25, -0.2) is 0 Å².